The van der Waals surface area contributed by atoms with Gasteiger partial charge >= 0.3 is 0 Å². The van der Waals surface area contributed by atoms with Gasteiger partial charge in [0.25, 0.3) is 0 Å². The van der Waals surface area contributed by atoms with Gasteiger partial charge in [-0.15, -0.1) is 13.2 Å². The molecule has 0 unspecified atom stereocenters. The first kappa shape index (κ1) is 12.3. The van der Waals surface area contributed by atoms with Gasteiger partial charge in [-0.1, -0.05) is 19.8 Å². The van der Waals surface area contributed by atoms with E-state index >= 15 is 0 Å². The Bertz CT molecular complexity index is 53.2. The Hall–Kier alpha value is -0.340. The van der Waals surface area contributed by atoms with E-state index in [9.17, 15) is 0 Å². The van der Waals surface area contributed by atoms with Crippen LogP contribution in [0.15, 0.2) is 13.2 Å². The van der Waals surface area contributed by atoms with Crippen LogP contribution in [0.3, 0.4) is 0 Å². The third-order valence-electron chi connectivity index (χ3n) is 1.07. The van der Waals surface area contributed by atoms with Gasteiger partial charge in [0, 0.05) is 0 Å². The van der Waals surface area contributed by atoms with Crippen LogP contribution in [-0.4, -0.2) is 16.5 Å². The summed E-state index contributed by atoms with van der Waals surface area (Å²) in [6, 6.07) is 0. The predicted octanol–water partition coefficient (Wildman–Crippen LogP) is 1.68. The van der Waals surface area contributed by atoms with Crippen molar-refractivity contribution in [2.45, 2.75) is 38.9 Å². The smallest absolute Gasteiger partial charge is 0.151 e. The van der Waals surface area contributed by atoms with Crippen LogP contribution in [0, 0.1) is 0 Å². The van der Waals surface area contributed by atoms with Crippen LogP contribution < -0.4 is 0 Å². The molecule has 0 amide bonds. The molecule has 0 aromatic carbocycles. The van der Waals surface area contributed by atoms with Crippen LogP contribution in [0.5, 0.6) is 0 Å². The summed E-state index contributed by atoms with van der Waals surface area (Å²) in [5.41, 5.74) is 0. The molecular weight excluding hydrogens is 128 g/mol. The molecule has 0 saturated heterocycles. The largest absolute Gasteiger partial charge is 0.368 e. The summed E-state index contributed by atoms with van der Waals surface area (Å²) in [4.78, 5) is 0. The van der Waals surface area contributed by atoms with Crippen LogP contribution in [-0.2, 0) is 0 Å². The second-order valence-corrected chi connectivity index (χ2v) is 1.98. The van der Waals surface area contributed by atoms with E-state index in [1.54, 1.807) is 0 Å². The van der Waals surface area contributed by atoms with Crippen LogP contribution in [0.2, 0.25) is 0 Å². The molecule has 0 aromatic rings. The van der Waals surface area contributed by atoms with Crippen LogP contribution in [0.1, 0.15) is 32.6 Å². The number of aliphatic hydroxyl groups excluding tert-OH is 1. The average Bonchev–Trinajstić information content (AvgIpc) is 1.92. The van der Waals surface area contributed by atoms with Crippen LogP contribution in [0.25, 0.3) is 0 Å². The Labute approximate surface area is 63.2 Å². The Balaban J connectivity index is 0. The molecule has 0 spiro atoms. The van der Waals surface area contributed by atoms with Crippen molar-refractivity contribution in [1.82, 2.24) is 0 Å². The Kier molecular flexibility index (Phi) is 14.1. The van der Waals surface area contributed by atoms with E-state index < -0.39 is 6.29 Å². The zero-order valence-electron chi connectivity index (χ0n) is 6.71. The molecule has 0 aliphatic rings. The standard InChI is InChI=1S/C6H14O2.C2H4/c1-2-3-4-5-6(7)8;1-2/h6-8H,2-5H2,1H3;1-2H2. The topological polar surface area (TPSA) is 40.5 Å². The van der Waals surface area contributed by atoms with Crippen molar-refractivity contribution >= 4 is 0 Å². The first-order valence-corrected chi connectivity index (χ1v) is 3.63. The normalized spacial score (nSPS) is 8.80. The predicted molar refractivity (Wildman–Crippen MR) is 43.6 cm³/mol. The minimum absolute atomic E-state index is 0.522. The summed E-state index contributed by atoms with van der Waals surface area (Å²) < 4.78 is 0. The molecule has 0 atom stereocenters. The molecule has 0 aromatic heterocycles. The van der Waals surface area contributed by atoms with Gasteiger partial charge in [0.15, 0.2) is 6.29 Å². The van der Waals surface area contributed by atoms with Gasteiger partial charge in [0.1, 0.15) is 0 Å². The summed E-state index contributed by atoms with van der Waals surface area (Å²) in [6.45, 7) is 8.09. The molecule has 0 rings (SSSR count). The SMILES string of the molecule is C=C.CCCCCC(O)O. The second kappa shape index (κ2) is 11.5. The van der Waals surface area contributed by atoms with Gasteiger partial charge < -0.3 is 10.2 Å². The molecule has 0 bridgehead atoms. The van der Waals surface area contributed by atoms with E-state index in [4.69, 9.17) is 10.2 Å². The summed E-state index contributed by atoms with van der Waals surface area (Å²) >= 11 is 0. The molecule has 0 saturated carbocycles. The molecular formula is C8H18O2. The van der Waals surface area contributed by atoms with Crippen molar-refractivity contribution in [3.05, 3.63) is 13.2 Å². The van der Waals surface area contributed by atoms with Crippen LogP contribution >= 0.6 is 0 Å². The van der Waals surface area contributed by atoms with Gasteiger partial charge in [-0.25, -0.2) is 0 Å². The lowest BCUT2D eigenvalue weighted by molar-refractivity contribution is -0.0465. The summed E-state index contributed by atoms with van der Waals surface area (Å²) in [6.07, 6.45) is 2.58. The van der Waals surface area contributed by atoms with Gasteiger partial charge in [0.05, 0.1) is 0 Å². The molecule has 0 heterocycles. The maximum atomic E-state index is 8.33. The maximum Gasteiger partial charge on any atom is 0.151 e. The minimum atomic E-state index is -1.10. The fraction of sp³-hybridized carbons (Fsp3) is 0.750. The van der Waals surface area contributed by atoms with Crippen molar-refractivity contribution in [3.63, 3.8) is 0 Å². The molecule has 0 radical (unpaired) electrons. The number of unbranched alkanes of at least 4 members (excludes halogenated alkanes) is 2. The molecule has 2 N–H and O–H groups in total. The van der Waals surface area contributed by atoms with Crippen molar-refractivity contribution in [2.75, 3.05) is 0 Å². The first-order chi connectivity index (χ1) is 4.77. The van der Waals surface area contributed by atoms with Crippen molar-refractivity contribution in [1.29, 1.82) is 0 Å². The van der Waals surface area contributed by atoms with Gasteiger partial charge in [-0.3, -0.25) is 0 Å². The highest BCUT2D eigenvalue weighted by atomic mass is 16.5. The van der Waals surface area contributed by atoms with Crippen molar-refractivity contribution in [2.24, 2.45) is 0 Å². The molecule has 0 fully saturated rings. The third-order valence-corrected chi connectivity index (χ3v) is 1.07. The number of rotatable bonds is 4. The Morgan fingerprint density at radius 1 is 1.20 bits per heavy atom. The maximum absolute atomic E-state index is 8.33. The fourth-order valence-corrected chi connectivity index (χ4v) is 0.577. The van der Waals surface area contributed by atoms with E-state index in [1.807, 2.05) is 0 Å². The fourth-order valence-electron chi connectivity index (χ4n) is 0.577. The summed E-state index contributed by atoms with van der Waals surface area (Å²) in [5.74, 6) is 0. The zero-order valence-corrected chi connectivity index (χ0v) is 6.71. The van der Waals surface area contributed by atoms with Crippen molar-refractivity contribution < 1.29 is 10.2 Å². The van der Waals surface area contributed by atoms with Gasteiger partial charge in [-0.2, -0.15) is 0 Å². The molecule has 2 heteroatoms. The Morgan fingerprint density at radius 3 is 2.00 bits per heavy atom. The Morgan fingerprint density at radius 2 is 1.70 bits per heavy atom. The lowest BCUT2D eigenvalue weighted by atomic mass is 10.2. The molecule has 0 aliphatic carbocycles. The lowest BCUT2D eigenvalue weighted by Gasteiger charge is -1.99. The monoisotopic (exact) mass is 146 g/mol. The zero-order chi connectivity index (χ0) is 8.41. The van der Waals surface area contributed by atoms with E-state index in [1.165, 1.54) is 0 Å². The highest BCUT2D eigenvalue weighted by molar-refractivity contribution is 4.40. The lowest BCUT2D eigenvalue weighted by Crippen LogP contribution is -2.02. The number of hydrogen-bond donors (Lipinski definition) is 2. The first-order valence-electron chi connectivity index (χ1n) is 3.63. The van der Waals surface area contributed by atoms with Gasteiger partial charge in [-0.05, 0) is 12.8 Å². The third kappa shape index (κ3) is 15.6. The molecule has 2 nitrogen and oxygen atoms in total. The summed E-state index contributed by atoms with van der Waals surface area (Å²) in [5, 5.41) is 16.7. The molecule has 0 aliphatic heterocycles. The van der Waals surface area contributed by atoms with Gasteiger partial charge in [0.2, 0.25) is 0 Å². The average molecular weight is 146 g/mol. The van der Waals surface area contributed by atoms with E-state index in [2.05, 4.69) is 20.1 Å². The highest BCUT2D eigenvalue weighted by Crippen LogP contribution is 1.99. The number of aliphatic hydroxyl groups is 2. The molecule has 10 heavy (non-hydrogen) atoms. The summed E-state index contributed by atoms with van der Waals surface area (Å²) in [7, 11) is 0. The van der Waals surface area contributed by atoms with E-state index in [0.717, 1.165) is 19.3 Å². The molecule has 62 valence electrons. The second-order valence-electron chi connectivity index (χ2n) is 1.98. The quantitative estimate of drug-likeness (QED) is 0.360. The van der Waals surface area contributed by atoms with E-state index in [-0.39, 0.29) is 0 Å². The number of hydrogen-bond acceptors (Lipinski definition) is 2. The van der Waals surface area contributed by atoms with Crippen LogP contribution in [0.4, 0.5) is 0 Å². The van der Waals surface area contributed by atoms with E-state index in [0.29, 0.717) is 6.42 Å². The van der Waals surface area contributed by atoms with Crippen molar-refractivity contribution in [3.8, 4) is 0 Å². The highest BCUT2D eigenvalue weighted by Gasteiger charge is 1.93. The minimum Gasteiger partial charge on any atom is -0.368 e.